The summed E-state index contributed by atoms with van der Waals surface area (Å²) in [6.45, 7) is 2.49. The summed E-state index contributed by atoms with van der Waals surface area (Å²) in [4.78, 5) is 27.7. The molecule has 0 bridgehead atoms. The van der Waals surface area contributed by atoms with Crippen molar-refractivity contribution in [1.29, 1.82) is 0 Å². The lowest BCUT2D eigenvalue weighted by atomic mass is 10.2. The van der Waals surface area contributed by atoms with Gasteiger partial charge in [-0.25, -0.2) is 4.79 Å². The third-order valence-electron chi connectivity index (χ3n) is 4.30. The molecule has 0 radical (unpaired) electrons. The zero-order valence-electron chi connectivity index (χ0n) is 17.7. The van der Waals surface area contributed by atoms with Gasteiger partial charge in [-0.15, -0.1) is 0 Å². The maximum absolute atomic E-state index is 12.2. The van der Waals surface area contributed by atoms with Crippen molar-refractivity contribution in [2.45, 2.75) is 13.5 Å². The largest absolute Gasteiger partial charge is 0.487 e. The van der Waals surface area contributed by atoms with E-state index < -0.39 is 0 Å². The second-order valence-corrected chi connectivity index (χ2v) is 6.71. The predicted molar refractivity (Wildman–Crippen MR) is 125 cm³/mol. The van der Waals surface area contributed by atoms with E-state index in [2.05, 4.69) is 10.3 Å². The highest BCUT2D eigenvalue weighted by molar-refractivity contribution is 6.02. The number of rotatable bonds is 9. The molecule has 6 nitrogen and oxygen atoms in total. The molecule has 2 aromatic carbocycles. The average Bonchev–Trinajstić information content (AvgIpc) is 2.82. The molecule has 1 amide bonds. The van der Waals surface area contributed by atoms with Crippen molar-refractivity contribution in [2.75, 3.05) is 11.9 Å². The van der Waals surface area contributed by atoms with Gasteiger partial charge in [0.1, 0.15) is 12.4 Å². The normalized spacial score (nSPS) is 10.9. The number of hydrogen-bond acceptors (Lipinski definition) is 5. The molecule has 0 aliphatic heterocycles. The molecule has 0 saturated carbocycles. The molecule has 0 unspecified atom stereocenters. The number of nitrogens with zero attached hydrogens (tertiary/aromatic N) is 1. The molecule has 0 atom stereocenters. The van der Waals surface area contributed by atoms with Crippen LogP contribution in [0.15, 0.2) is 85.1 Å². The Kier molecular flexibility index (Phi) is 8.34. The van der Waals surface area contributed by atoms with Gasteiger partial charge in [0.2, 0.25) is 5.91 Å². The van der Waals surface area contributed by atoms with Crippen molar-refractivity contribution < 1.29 is 19.1 Å². The van der Waals surface area contributed by atoms with Crippen LogP contribution in [0.25, 0.3) is 12.2 Å². The Labute approximate surface area is 187 Å². The highest BCUT2D eigenvalue weighted by Gasteiger charge is 2.00. The molecule has 1 aromatic heterocycles. The molecule has 32 heavy (non-hydrogen) atoms. The molecule has 0 aliphatic carbocycles. The van der Waals surface area contributed by atoms with Crippen molar-refractivity contribution >= 4 is 29.7 Å². The smallest absolute Gasteiger partial charge is 0.330 e. The van der Waals surface area contributed by atoms with E-state index in [-0.39, 0.29) is 11.9 Å². The monoisotopic (exact) mass is 428 g/mol. The first-order chi connectivity index (χ1) is 15.6. The number of benzene rings is 2. The van der Waals surface area contributed by atoms with Crippen molar-refractivity contribution in [3.05, 3.63) is 102 Å². The summed E-state index contributed by atoms with van der Waals surface area (Å²) in [5.41, 5.74) is 3.23. The Bertz CT molecular complexity index is 1070. The van der Waals surface area contributed by atoms with Crippen LogP contribution >= 0.6 is 0 Å². The Morgan fingerprint density at radius 2 is 1.59 bits per heavy atom. The highest BCUT2D eigenvalue weighted by atomic mass is 16.5. The lowest BCUT2D eigenvalue weighted by Gasteiger charge is -2.06. The first-order valence-corrected chi connectivity index (χ1v) is 10.2. The number of carbonyl (C=O) groups excluding carboxylic acids is 2. The van der Waals surface area contributed by atoms with Crippen molar-refractivity contribution in [2.24, 2.45) is 0 Å². The fourth-order valence-electron chi connectivity index (χ4n) is 2.70. The second kappa shape index (κ2) is 11.9. The minimum atomic E-state index is -0.386. The quantitative estimate of drug-likeness (QED) is 0.388. The van der Waals surface area contributed by atoms with E-state index in [0.717, 1.165) is 22.6 Å². The van der Waals surface area contributed by atoms with Gasteiger partial charge in [0, 0.05) is 24.0 Å². The van der Waals surface area contributed by atoms with E-state index in [1.54, 1.807) is 49.5 Å². The van der Waals surface area contributed by atoms with Gasteiger partial charge in [-0.2, -0.15) is 0 Å². The molecule has 0 fully saturated rings. The Hall–Kier alpha value is -4.19. The highest BCUT2D eigenvalue weighted by Crippen LogP contribution is 2.15. The van der Waals surface area contributed by atoms with Crippen molar-refractivity contribution in [1.82, 2.24) is 4.98 Å². The zero-order chi connectivity index (χ0) is 22.6. The van der Waals surface area contributed by atoms with E-state index in [1.807, 2.05) is 42.5 Å². The van der Waals surface area contributed by atoms with E-state index in [1.165, 1.54) is 12.2 Å². The zero-order valence-corrected chi connectivity index (χ0v) is 17.7. The predicted octanol–water partition coefficient (Wildman–Crippen LogP) is 4.89. The fraction of sp³-hybridized carbons (Fsp3) is 0.115. The number of pyridine rings is 1. The summed E-state index contributed by atoms with van der Waals surface area (Å²) < 4.78 is 10.5. The van der Waals surface area contributed by atoms with Crippen LogP contribution in [0, 0.1) is 0 Å². The maximum atomic E-state index is 12.2. The third kappa shape index (κ3) is 7.57. The SMILES string of the molecule is CCOC(=O)/C=C/c1ccc(NC(=O)/C=C/c2ccc(OCc3ccccn3)cc2)cc1. The summed E-state index contributed by atoms with van der Waals surface area (Å²) in [6, 6.07) is 20.3. The molecular formula is C26H24N2O4. The van der Waals surface area contributed by atoms with Gasteiger partial charge in [-0.3, -0.25) is 9.78 Å². The summed E-state index contributed by atoms with van der Waals surface area (Å²) in [5, 5.41) is 2.80. The Balaban J connectivity index is 1.48. The van der Waals surface area contributed by atoms with Crippen LogP contribution in [-0.4, -0.2) is 23.5 Å². The standard InChI is InChI=1S/C26H24N2O4/c1-2-31-26(30)17-11-20-6-12-22(13-7-20)28-25(29)16-10-21-8-14-24(15-9-21)32-19-23-5-3-4-18-27-23/h3-18H,2,19H2,1H3,(H,28,29)/b16-10+,17-11+. The van der Waals surface area contributed by atoms with Crippen LogP contribution in [0.5, 0.6) is 5.75 Å². The van der Waals surface area contributed by atoms with Crippen LogP contribution < -0.4 is 10.1 Å². The lowest BCUT2D eigenvalue weighted by molar-refractivity contribution is -0.137. The number of carbonyl (C=O) groups is 2. The number of nitrogens with one attached hydrogen (secondary N) is 1. The fourth-order valence-corrected chi connectivity index (χ4v) is 2.70. The van der Waals surface area contributed by atoms with Crippen LogP contribution in [0.3, 0.4) is 0 Å². The molecule has 0 spiro atoms. The molecule has 3 aromatic rings. The van der Waals surface area contributed by atoms with E-state index in [0.29, 0.717) is 18.9 Å². The molecule has 0 saturated heterocycles. The molecule has 1 heterocycles. The minimum absolute atomic E-state index is 0.240. The molecule has 6 heteroatoms. The van der Waals surface area contributed by atoms with Crippen LogP contribution in [0.1, 0.15) is 23.7 Å². The number of ether oxygens (including phenoxy) is 2. The van der Waals surface area contributed by atoms with Crippen LogP contribution in [-0.2, 0) is 20.9 Å². The molecular weight excluding hydrogens is 404 g/mol. The summed E-state index contributed by atoms with van der Waals surface area (Å²) in [7, 11) is 0. The number of esters is 1. The van der Waals surface area contributed by atoms with Gasteiger partial charge in [-0.05, 0) is 66.6 Å². The van der Waals surface area contributed by atoms with Gasteiger partial charge < -0.3 is 14.8 Å². The Morgan fingerprint density at radius 1 is 0.906 bits per heavy atom. The third-order valence-corrected chi connectivity index (χ3v) is 4.30. The van der Waals surface area contributed by atoms with E-state index in [9.17, 15) is 9.59 Å². The van der Waals surface area contributed by atoms with E-state index in [4.69, 9.17) is 9.47 Å². The van der Waals surface area contributed by atoms with Crippen molar-refractivity contribution in [3.63, 3.8) is 0 Å². The number of amides is 1. The van der Waals surface area contributed by atoms with Gasteiger partial charge in [0.05, 0.1) is 12.3 Å². The van der Waals surface area contributed by atoms with Gasteiger partial charge >= 0.3 is 5.97 Å². The van der Waals surface area contributed by atoms with E-state index >= 15 is 0 Å². The van der Waals surface area contributed by atoms with Crippen LogP contribution in [0.4, 0.5) is 5.69 Å². The number of hydrogen-bond donors (Lipinski definition) is 1. The Morgan fingerprint density at radius 3 is 2.25 bits per heavy atom. The van der Waals surface area contributed by atoms with Crippen LogP contribution in [0.2, 0.25) is 0 Å². The molecule has 1 N–H and O–H groups in total. The summed E-state index contributed by atoms with van der Waals surface area (Å²) >= 11 is 0. The van der Waals surface area contributed by atoms with Gasteiger partial charge in [0.15, 0.2) is 0 Å². The first kappa shape index (κ1) is 22.5. The summed E-state index contributed by atoms with van der Waals surface area (Å²) in [6.07, 6.45) is 7.96. The molecule has 162 valence electrons. The topological polar surface area (TPSA) is 77.5 Å². The summed E-state index contributed by atoms with van der Waals surface area (Å²) in [5.74, 6) is 0.104. The van der Waals surface area contributed by atoms with Gasteiger partial charge in [-0.1, -0.05) is 30.3 Å². The molecule has 3 rings (SSSR count). The second-order valence-electron chi connectivity index (χ2n) is 6.71. The minimum Gasteiger partial charge on any atom is -0.487 e. The lowest BCUT2D eigenvalue weighted by Crippen LogP contribution is -2.07. The maximum Gasteiger partial charge on any atom is 0.330 e. The first-order valence-electron chi connectivity index (χ1n) is 10.2. The number of anilines is 1. The number of aromatic nitrogens is 1. The molecule has 0 aliphatic rings. The average molecular weight is 428 g/mol. The van der Waals surface area contributed by atoms with Gasteiger partial charge in [0.25, 0.3) is 0 Å². The van der Waals surface area contributed by atoms with Crippen molar-refractivity contribution in [3.8, 4) is 5.75 Å².